The van der Waals surface area contributed by atoms with E-state index in [-0.39, 0.29) is 0 Å². The molecule has 0 radical (unpaired) electrons. The quantitative estimate of drug-likeness (QED) is 0.162. The molecule has 11 rings (SSSR count). The molecule has 260 valence electrons. The van der Waals surface area contributed by atoms with Gasteiger partial charge in [0.25, 0.3) is 0 Å². The zero-order chi connectivity index (χ0) is 37.0. The topological polar surface area (TPSA) is 12.9 Å². The average Bonchev–Trinajstić information content (AvgIpc) is 3.27. The summed E-state index contributed by atoms with van der Waals surface area (Å²) in [4.78, 5) is 5.05. The molecule has 10 aromatic carbocycles. The van der Waals surface area contributed by atoms with Crippen LogP contribution in [-0.2, 0) is 0 Å². The van der Waals surface area contributed by atoms with Crippen LogP contribution in [0.15, 0.2) is 212 Å². The second-order valence-corrected chi connectivity index (χ2v) is 14.7. The van der Waals surface area contributed by atoms with Crippen molar-refractivity contribution in [2.24, 2.45) is 0 Å². The predicted molar refractivity (Wildman–Crippen MR) is 239 cm³/mol. The molecule has 0 aliphatic carbocycles. The van der Waals surface area contributed by atoms with Gasteiger partial charge in [0.1, 0.15) is 0 Å². The van der Waals surface area contributed by atoms with Crippen LogP contribution < -0.4 is 0 Å². The third-order valence-electron chi connectivity index (χ3n) is 11.5. The first-order chi connectivity index (χ1) is 27.8. The number of benzene rings is 10. The van der Waals surface area contributed by atoms with E-state index in [1.54, 1.807) is 0 Å². The summed E-state index contributed by atoms with van der Waals surface area (Å²) >= 11 is 0. The standard InChI is InChI=1S/C55H35N/c1-2-14-39(15-3-1)52-35-56-55(50-21-11-8-18-46(50)52)40-26-22-38(23-27-40)43-30-31-49-51(34-43)54(45-29-25-37-13-5-7-17-42(37)33-45)48-20-10-9-19-47(48)53(49)44-28-24-36-12-4-6-16-41(36)32-44/h1-35H. The molecule has 1 aromatic heterocycles. The maximum atomic E-state index is 5.05. The zero-order valence-corrected chi connectivity index (χ0v) is 30.7. The number of rotatable bonds is 5. The van der Waals surface area contributed by atoms with E-state index < -0.39 is 0 Å². The fraction of sp³-hybridized carbons (Fsp3) is 0. The average molecular weight is 710 g/mol. The third kappa shape index (κ3) is 5.36. The van der Waals surface area contributed by atoms with Crippen molar-refractivity contribution in [3.05, 3.63) is 212 Å². The molecule has 0 atom stereocenters. The molecule has 1 heterocycles. The Morgan fingerprint density at radius 1 is 0.250 bits per heavy atom. The Morgan fingerprint density at radius 2 is 0.714 bits per heavy atom. The van der Waals surface area contributed by atoms with E-state index in [1.807, 2.05) is 6.20 Å². The summed E-state index contributed by atoms with van der Waals surface area (Å²) in [5.41, 5.74) is 11.8. The second-order valence-electron chi connectivity index (χ2n) is 14.7. The van der Waals surface area contributed by atoms with Crippen molar-refractivity contribution in [3.63, 3.8) is 0 Å². The molecule has 0 saturated carbocycles. The van der Waals surface area contributed by atoms with Crippen LogP contribution in [0.1, 0.15) is 0 Å². The van der Waals surface area contributed by atoms with E-state index in [2.05, 4.69) is 206 Å². The van der Waals surface area contributed by atoms with Crippen LogP contribution in [0.3, 0.4) is 0 Å². The van der Waals surface area contributed by atoms with Gasteiger partial charge in [-0.25, -0.2) is 0 Å². The summed E-state index contributed by atoms with van der Waals surface area (Å²) in [6, 6.07) is 75.2. The van der Waals surface area contributed by atoms with Gasteiger partial charge in [0.05, 0.1) is 5.69 Å². The zero-order valence-electron chi connectivity index (χ0n) is 30.7. The van der Waals surface area contributed by atoms with Gasteiger partial charge in [0.15, 0.2) is 0 Å². The molecule has 0 fully saturated rings. The highest BCUT2D eigenvalue weighted by atomic mass is 14.7. The summed E-state index contributed by atoms with van der Waals surface area (Å²) in [6.07, 6.45) is 2.02. The SMILES string of the molecule is c1ccc(-c2cnc(-c3ccc(-c4ccc5c(-c6ccc7ccccc7c6)c6ccccc6c(-c6ccc7ccccc7c6)c5c4)cc3)c3ccccc23)cc1. The van der Waals surface area contributed by atoms with Crippen LogP contribution in [-0.4, -0.2) is 4.98 Å². The van der Waals surface area contributed by atoms with Gasteiger partial charge in [0.2, 0.25) is 0 Å². The Morgan fingerprint density at radius 3 is 1.36 bits per heavy atom. The highest BCUT2D eigenvalue weighted by Crippen LogP contribution is 2.46. The van der Waals surface area contributed by atoms with Gasteiger partial charge in [-0.1, -0.05) is 188 Å². The van der Waals surface area contributed by atoms with Crippen molar-refractivity contribution in [1.29, 1.82) is 0 Å². The third-order valence-corrected chi connectivity index (χ3v) is 11.5. The Bertz CT molecular complexity index is 3290. The lowest BCUT2D eigenvalue weighted by Gasteiger charge is -2.19. The normalized spacial score (nSPS) is 11.6. The highest BCUT2D eigenvalue weighted by molar-refractivity contribution is 6.22. The molecule has 0 unspecified atom stereocenters. The fourth-order valence-electron chi connectivity index (χ4n) is 8.76. The molecule has 0 amide bonds. The summed E-state index contributed by atoms with van der Waals surface area (Å²) in [7, 11) is 0. The van der Waals surface area contributed by atoms with Gasteiger partial charge in [-0.2, -0.15) is 0 Å². The Kier molecular flexibility index (Phi) is 7.57. The number of hydrogen-bond donors (Lipinski definition) is 0. The van der Waals surface area contributed by atoms with Crippen LogP contribution in [0.2, 0.25) is 0 Å². The van der Waals surface area contributed by atoms with E-state index in [9.17, 15) is 0 Å². The molecule has 0 saturated heterocycles. The largest absolute Gasteiger partial charge is 0.255 e. The minimum atomic E-state index is 0.996. The first-order valence-electron chi connectivity index (χ1n) is 19.3. The van der Waals surface area contributed by atoms with Crippen molar-refractivity contribution in [2.45, 2.75) is 0 Å². The van der Waals surface area contributed by atoms with Gasteiger partial charge in [-0.05, 0) is 106 Å². The number of aromatic nitrogens is 1. The van der Waals surface area contributed by atoms with E-state index in [0.29, 0.717) is 0 Å². The highest BCUT2D eigenvalue weighted by Gasteiger charge is 2.19. The minimum absolute atomic E-state index is 0.996. The molecule has 11 aromatic rings. The maximum Gasteiger partial charge on any atom is 0.0780 e. The van der Waals surface area contributed by atoms with Crippen LogP contribution >= 0.6 is 0 Å². The van der Waals surface area contributed by atoms with Crippen molar-refractivity contribution < 1.29 is 0 Å². The van der Waals surface area contributed by atoms with Crippen LogP contribution in [0.25, 0.3) is 110 Å². The molecular weight excluding hydrogens is 675 g/mol. The number of nitrogens with zero attached hydrogens (tertiary/aromatic N) is 1. The summed E-state index contributed by atoms with van der Waals surface area (Å²) in [5.74, 6) is 0. The Balaban J connectivity index is 1.10. The van der Waals surface area contributed by atoms with E-state index >= 15 is 0 Å². The number of pyridine rings is 1. The first-order valence-corrected chi connectivity index (χ1v) is 19.3. The van der Waals surface area contributed by atoms with Crippen molar-refractivity contribution in [1.82, 2.24) is 4.98 Å². The van der Waals surface area contributed by atoms with Gasteiger partial charge in [-0.3, -0.25) is 4.98 Å². The van der Waals surface area contributed by atoms with Gasteiger partial charge >= 0.3 is 0 Å². The van der Waals surface area contributed by atoms with Crippen molar-refractivity contribution in [3.8, 4) is 55.8 Å². The van der Waals surface area contributed by atoms with Crippen molar-refractivity contribution in [2.75, 3.05) is 0 Å². The van der Waals surface area contributed by atoms with E-state index in [1.165, 1.54) is 87.4 Å². The summed E-state index contributed by atoms with van der Waals surface area (Å²) < 4.78 is 0. The molecule has 0 N–H and O–H groups in total. The molecule has 0 bridgehead atoms. The molecule has 0 aliphatic heterocycles. The van der Waals surface area contributed by atoms with Crippen molar-refractivity contribution >= 4 is 53.9 Å². The first kappa shape index (κ1) is 32.1. The molecule has 56 heavy (non-hydrogen) atoms. The second kappa shape index (κ2) is 13.2. The number of fused-ring (bicyclic) bond motifs is 5. The van der Waals surface area contributed by atoms with Crippen LogP contribution in [0.5, 0.6) is 0 Å². The van der Waals surface area contributed by atoms with Gasteiger partial charge in [-0.15, -0.1) is 0 Å². The monoisotopic (exact) mass is 709 g/mol. The molecular formula is C55H35N. The molecule has 1 nitrogen and oxygen atoms in total. The van der Waals surface area contributed by atoms with Crippen LogP contribution in [0, 0.1) is 0 Å². The van der Waals surface area contributed by atoms with Gasteiger partial charge in [0, 0.05) is 22.7 Å². The van der Waals surface area contributed by atoms with E-state index in [4.69, 9.17) is 4.98 Å². The number of hydrogen-bond acceptors (Lipinski definition) is 1. The molecule has 1 heteroatoms. The van der Waals surface area contributed by atoms with Gasteiger partial charge < -0.3 is 0 Å². The smallest absolute Gasteiger partial charge is 0.0780 e. The summed E-state index contributed by atoms with van der Waals surface area (Å²) in [5, 5.41) is 12.3. The van der Waals surface area contributed by atoms with E-state index in [0.717, 1.165) is 22.2 Å². The lowest BCUT2D eigenvalue weighted by atomic mass is 9.84. The predicted octanol–water partition coefficient (Wildman–Crippen LogP) is 15.2. The summed E-state index contributed by atoms with van der Waals surface area (Å²) in [6.45, 7) is 0. The lowest BCUT2D eigenvalue weighted by molar-refractivity contribution is 1.35. The van der Waals surface area contributed by atoms with Crippen LogP contribution in [0.4, 0.5) is 0 Å². The lowest BCUT2D eigenvalue weighted by Crippen LogP contribution is -1.92. The Hall–Kier alpha value is -7.35. The Labute approximate surface area is 325 Å². The maximum absolute atomic E-state index is 5.05. The minimum Gasteiger partial charge on any atom is -0.255 e. The fourth-order valence-corrected chi connectivity index (χ4v) is 8.76. The molecule has 0 spiro atoms. The molecule has 0 aliphatic rings.